The van der Waals surface area contributed by atoms with E-state index in [-0.39, 0.29) is 11.9 Å². The summed E-state index contributed by atoms with van der Waals surface area (Å²) in [6.45, 7) is 4.50. The van der Waals surface area contributed by atoms with Gasteiger partial charge >= 0.3 is 5.97 Å². The van der Waals surface area contributed by atoms with Crippen molar-refractivity contribution in [2.75, 3.05) is 0 Å². The van der Waals surface area contributed by atoms with E-state index in [1.54, 1.807) is 0 Å². The quantitative estimate of drug-likeness (QED) is 0.192. The summed E-state index contributed by atoms with van der Waals surface area (Å²) in [6.07, 6.45) is 17.8. The first-order chi connectivity index (χ1) is 15.7. The van der Waals surface area contributed by atoms with Gasteiger partial charge in [-0.2, -0.15) is 0 Å². The number of pyridine rings is 1. The minimum absolute atomic E-state index is 0.0589. The van der Waals surface area contributed by atoms with Crippen LogP contribution >= 0.6 is 0 Å². The molecule has 1 fully saturated rings. The molecule has 0 bridgehead atoms. The van der Waals surface area contributed by atoms with E-state index in [4.69, 9.17) is 4.74 Å². The lowest BCUT2D eigenvalue weighted by Gasteiger charge is -2.26. The first kappa shape index (κ1) is 24.5. The maximum absolute atomic E-state index is 12.5. The lowest BCUT2D eigenvalue weighted by atomic mass is 9.80. The van der Waals surface area contributed by atoms with Crippen molar-refractivity contribution < 1.29 is 9.53 Å². The molecule has 0 amide bonds. The molecule has 0 atom stereocenters. The zero-order chi connectivity index (χ0) is 22.6. The fourth-order valence-electron chi connectivity index (χ4n) is 4.84. The largest absolute Gasteiger partial charge is 0.426 e. The number of benzene rings is 1. The van der Waals surface area contributed by atoms with Crippen molar-refractivity contribution in [2.24, 2.45) is 11.8 Å². The van der Waals surface area contributed by atoms with Gasteiger partial charge in [0.15, 0.2) is 0 Å². The Balaban J connectivity index is 1.44. The summed E-state index contributed by atoms with van der Waals surface area (Å²) >= 11 is 0. The van der Waals surface area contributed by atoms with Crippen molar-refractivity contribution in [3.05, 3.63) is 48.2 Å². The third-order valence-corrected chi connectivity index (χ3v) is 6.89. The number of ether oxygens (including phenoxy) is 1. The predicted octanol–water partition coefficient (Wildman–Crippen LogP) is 8.16. The van der Waals surface area contributed by atoms with Crippen LogP contribution in [0.25, 0.3) is 11.3 Å². The molecule has 174 valence electrons. The van der Waals surface area contributed by atoms with Gasteiger partial charge in [0, 0.05) is 11.8 Å². The highest BCUT2D eigenvalue weighted by Gasteiger charge is 2.27. The second-order valence-corrected chi connectivity index (χ2v) is 9.52. The van der Waals surface area contributed by atoms with Gasteiger partial charge in [-0.1, -0.05) is 64.9 Å². The van der Waals surface area contributed by atoms with Crippen molar-refractivity contribution in [1.82, 2.24) is 4.98 Å². The Morgan fingerprint density at radius 2 is 1.59 bits per heavy atom. The Hall–Kier alpha value is -2.16. The van der Waals surface area contributed by atoms with Crippen LogP contribution in [0.1, 0.15) is 96.5 Å². The van der Waals surface area contributed by atoms with Gasteiger partial charge in [0.2, 0.25) is 0 Å². The number of carbonyl (C=O) groups is 1. The number of carbonyl (C=O) groups excluding carboxylic acids is 1. The van der Waals surface area contributed by atoms with E-state index in [0.717, 1.165) is 49.3 Å². The highest BCUT2D eigenvalue weighted by Crippen LogP contribution is 2.32. The van der Waals surface area contributed by atoms with E-state index in [0.29, 0.717) is 5.75 Å². The molecule has 2 aromatic rings. The van der Waals surface area contributed by atoms with Crippen LogP contribution < -0.4 is 4.74 Å². The molecule has 1 aliphatic carbocycles. The summed E-state index contributed by atoms with van der Waals surface area (Å²) < 4.78 is 5.68. The van der Waals surface area contributed by atoms with E-state index < -0.39 is 0 Å². The summed E-state index contributed by atoms with van der Waals surface area (Å²) in [5, 5.41) is 0. The second kappa shape index (κ2) is 13.4. The molecule has 1 aromatic heterocycles. The number of rotatable bonds is 12. The van der Waals surface area contributed by atoms with E-state index in [1.807, 2.05) is 30.5 Å². The molecule has 3 nitrogen and oxygen atoms in total. The molecule has 3 heteroatoms. The zero-order valence-electron chi connectivity index (χ0n) is 20.2. The van der Waals surface area contributed by atoms with Crippen molar-refractivity contribution in [3.63, 3.8) is 0 Å². The summed E-state index contributed by atoms with van der Waals surface area (Å²) in [5.41, 5.74) is 3.32. The maximum atomic E-state index is 12.5. The maximum Gasteiger partial charge on any atom is 0.314 e. The third kappa shape index (κ3) is 7.76. The van der Waals surface area contributed by atoms with Gasteiger partial charge in [-0.05, 0) is 80.3 Å². The second-order valence-electron chi connectivity index (χ2n) is 9.52. The molecule has 0 saturated heterocycles. The standard InChI is InChI=1S/C29H41NO2/c1-3-5-6-7-8-9-11-24-14-21-28(30-22-24)25-17-19-27(20-18-25)32-29(31)26-15-12-23(10-4-2)13-16-26/h14,17-23,26H,3-13,15-16H2,1-2H3/t23-,26-. The number of hydrogen-bond acceptors (Lipinski definition) is 3. The monoisotopic (exact) mass is 435 g/mol. The van der Waals surface area contributed by atoms with E-state index in [2.05, 4.69) is 31.0 Å². The predicted molar refractivity (Wildman–Crippen MR) is 133 cm³/mol. The summed E-state index contributed by atoms with van der Waals surface area (Å²) in [4.78, 5) is 17.2. The Labute approximate surface area is 195 Å². The van der Waals surface area contributed by atoms with Gasteiger partial charge in [0.1, 0.15) is 5.75 Å². The van der Waals surface area contributed by atoms with E-state index in [9.17, 15) is 4.79 Å². The third-order valence-electron chi connectivity index (χ3n) is 6.89. The molecular formula is C29H41NO2. The van der Waals surface area contributed by atoms with E-state index in [1.165, 1.54) is 56.9 Å². The van der Waals surface area contributed by atoms with Crippen molar-refractivity contribution in [1.29, 1.82) is 0 Å². The van der Waals surface area contributed by atoms with Crippen LogP contribution in [0.15, 0.2) is 42.6 Å². The summed E-state index contributed by atoms with van der Waals surface area (Å²) in [7, 11) is 0. The molecule has 1 aliphatic rings. The van der Waals surface area contributed by atoms with Gasteiger partial charge in [-0.15, -0.1) is 0 Å². The lowest BCUT2D eigenvalue weighted by Crippen LogP contribution is -2.25. The number of aryl methyl sites for hydroxylation is 1. The lowest BCUT2D eigenvalue weighted by molar-refractivity contribution is -0.140. The van der Waals surface area contributed by atoms with Gasteiger partial charge < -0.3 is 4.74 Å². The van der Waals surface area contributed by atoms with Crippen LogP contribution in [-0.4, -0.2) is 11.0 Å². The normalized spacial score (nSPS) is 18.4. The van der Waals surface area contributed by atoms with Gasteiger partial charge in [0.05, 0.1) is 11.6 Å². The van der Waals surface area contributed by atoms with Crippen LogP contribution in [0.2, 0.25) is 0 Å². The highest BCUT2D eigenvalue weighted by molar-refractivity contribution is 5.75. The molecule has 0 N–H and O–H groups in total. The van der Waals surface area contributed by atoms with Crippen LogP contribution in [0.4, 0.5) is 0 Å². The fraction of sp³-hybridized carbons (Fsp3) is 0.586. The highest BCUT2D eigenvalue weighted by atomic mass is 16.5. The van der Waals surface area contributed by atoms with Gasteiger partial charge in [-0.3, -0.25) is 9.78 Å². The minimum atomic E-state index is -0.0649. The zero-order valence-corrected chi connectivity index (χ0v) is 20.2. The molecule has 0 radical (unpaired) electrons. The van der Waals surface area contributed by atoms with Gasteiger partial charge in [-0.25, -0.2) is 0 Å². The molecule has 1 saturated carbocycles. The smallest absolute Gasteiger partial charge is 0.314 e. The number of esters is 1. The van der Waals surface area contributed by atoms with Crippen LogP contribution in [0, 0.1) is 11.8 Å². The number of nitrogens with zero attached hydrogens (tertiary/aromatic N) is 1. The number of hydrogen-bond donors (Lipinski definition) is 0. The topological polar surface area (TPSA) is 39.2 Å². The van der Waals surface area contributed by atoms with Crippen LogP contribution in [0.3, 0.4) is 0 Å². The fourth-order valence-corrected chi connectivity index (χ4v) is 4.84. The number of unbranched alkanes of at least 4 members (excludes halogenated alkanes) is 5. The first-order valence-corrected chi connectivity index (χ1v) is 13.0. The Bertz CT molecular complexity index is 789. The van der Waals surface area contributed by atoms with Crippen LogP contribution in [-0.2, 0) is 11.2 Å². The number of aromatic nitrogens is 1. The molecule has 0 unspecified atom stereocenters. The molecule has 0 aliphatic heterocycles. The summed E-state index contributed by atoms with van der Waals surface area (Å²) in [5.74, 6) is 1.43. The van der Waals surface area contributed by atoms with E-state index >= 15 is 0 Å². The average Bonchev–Trinajstić information content (AvgIpc) is 2.83. The SMILES string of the molecule is CCCCCCCCc1ccc(-c2ccc(OC(=O)[C@H]3CC[C@H](CCC)CC3)cc2)nc1. The van der Waals surface area contributed by atoms with Crippen LogP contribution in [0.5, 0.6) is 5.75 Å². The Kier molecular flexibility index (Phi) is 10.3. The Morgan fingerprint density at radius 3 is 2.25 bits per heavy atom. The molecule has 1 heterocycles. The van der Waals surface area contributed by atoms with Crippen molar-refractivity contribution in [3.8, 4) is 17.0 Å². The van der Waals surface area contributed by atoms with Gasteiger partial charge in [0.25, 0.3) is 0 Å². The molecule has 1 aromatic carbocycles. The first-order valence-electron chi connectivity index (χ1n) is 13.0. The summed E-state index contributed by atoms with van der Waals surface area (Å²) in [6, 6.07) is 12.1. The van der Waals surface area contributed by atoms with Crippen molar-refractivity contribution >= 4 is 5.97 Å². The average molecular weight is 436 g/mol. The molecule has 0 spiro atoms. The molecule has 32 heavy (non-hydrogen) atoms. The van der Waals surface area contributed by atoms with Crippen molar-refractivity contribution in [2.45, 2.75) is 97.3 Å². The Morgan fingerprint density at radius 1 is 0.875 bits per heavy atom. The molecule has 3 rings (SSSR count). The molecular weight excluding hydrogens is 394 g/mol. The minimum Gasteiger partial charge on any atom is -0.426 e.